The maximum Gasteiger partial charge on any atom is 0.237 e. The molecule has 1 aromatic rings. The van der Waals surface area contributed by atoms with Crippen molar-refractivity contribution in [3.8, 4) is 0 Å². The van der Waals surface area contributed by atoms with E-state index >= 15 is 0 Å². The van der Waals surface area contributed by atoms with Gasteiger partial charge in [0.15, 0.2) is 0 Å². The van der Waals surface area contributed by atoms with E-state index in [4.69, 9.17) is 4.42 Å². The zero-order chi connectivity index (χ0) is 14.3. The molecule has 0 aliphatic heterocycles. The first-order chi connectivity index (χ1) is 9.04. The Hall–Kier alpha value is -1.82. The minimum Gasteiger partial charge on any atom is -0.467 e. The highest BCUT2D eigenvalue weighted by atomic mass is 16.3. The van der Waals surface area contributed by atoms with Gasteiger partial charge in [-0.1, -0.05) is 0 Å². The highest BCUT2D eigenvalue weighted by Gasteiger charge is 2.14. The topological polar surface area (TPSA) is 74.6 Å². The molecule has 1 atom stereocenters. The number of nitrogens with zero attached hydrogens (tertiary/aromatic N) is 1. The van der Waals surface area contributed by atoms with E-state index in [9.17, 15) is 9.59 Å². The molecular formula is C13H21N3O3. The number of nitrogens with one attached hydrogen (secondary N) is 2. The van der Waals surface area contributed by atoms with Crippen LogP contribution in [0.2, 0.25) is 0 Å². The Bertz CT molecular complexity index is 403. The highest BCUT2D eigenvalue weighted by molar-refractivity contribution is 5.83. The Morgan fingerprint density at radius 3 is 2.79 bits per heavy atom. The smallest absolute Gasteiger partial charge is 0.237 e. The summed E-state index contributed by atoms with van der Waals surface area (Å²) in [6.07, 6.45) is 1.56. The predicted molar refractivity (Wildman–Crippen MR) is 71.3 cm³/mol. The molecule has 6 heteroatoms. The van der Waals surface area contributed by atoms with E-state index in [1.54, 1.807) is 37.3 Å². The summed E-state index contributed by atoms with van der Waals surface area (Å²) >= 11 is 0. The summed E-state index contributed by atoms with van der Waals surface area (Å²) in [5.41, 5.74) is 0. The second-order valence-electron chi connectivity index (χ2n) is 4.31. The van der Waals surface area contributed by atoms with E-state index in [2.05, 4.69) is 10.6 Å². The number of hydrogen-bond acceptors (Lipinski definition) is 4. The van der Waals surface area contributed by atoms with Gasteiger partial charge in [0.25, 0.3) is 0 Å². The molecule has 2 amide bonds. The van der Waals surface area contributed by atoms with Gasteiger partial charge >= 0.3 is 0 Å². The SMILES string of the molecule is CCN(C)C(=O)CNC(C)C(=O)NCc1ccco1. The van der Waals surface area contributed by atoms with Crippen molar-refractivity contribution < 1.29 is 14.0 Å². The van der Waals surface area contributed by atoms with Gasteiger partial charge in [-0.25, -0.2) is 0 Å². The largest absolute Gasteiger partial charge is 0.467 e. The normalized spacial score (nSPS) is 11.9. The van der Waals surface area contributed by atoms with Gasteiger partial charge in [-0.05, 0) is 26.0 Å². The van der Waals surface area contributed by atoms with E-state index in [1.165, 1.54) is 0 Å². The van der Waals surface area contributed by atoms with Gasteiger partial charge in [0.05, 0.1) is 25.4 Å². The monoisotopic (exact) mass is 267 g/mol. The molecule has 0 bridgehead atoms. The molecule has 2 N–H and O–H groups in total. The van der Waals surface area contributed by atoms with Crippen LogP contribution in [0.1, 0.15) is 19.6 Å². The average molecular weight is 267 g/mol. The summed E-state index contributed by atoms with van der Waals surface area (Å²) in [6.45, 7) is 4.77. The molecule has 0 spiro atoms. The van der Waals surface area contributed by atoms with E-state index < -0.39 is 6.04 Å². The lowest BCUT2D eigenvalue weighted by Crippen LogP contribution is -2.46. The number of carbonyl (C=O) groups excluding carboxylic acids is 2. The fourth-order valence-electron chi connectivity index (χ4n) is 1.38. The lowest BCUT2D eigenvalue weighted by atomic mass is 10.3. The van der Waals surface area contributed by atoms with E-state index in [0.29, 0.717) is 18.8 Å². The fraction of sp³-hybridized carbons (Fsp3) is 0.538. The van der Waals surface area contributed by atoms with Crippen molar-refractivity contribution in [1.29, 1.82) is 0 Å². The maximum atomic E-state index is 11.7. The standard InChI is InChI=1S/C13H21N3O3/c1-4-16(3)12(17)9-14-10(2)13(18)15-8-11-6-5-7-19-11/h5-7,10,14H,4,8-9H2,1-3H3,(H,15,18). The zero-order valence-electron chi connectivity index (χ0n) is 11.6. The molecular weight excluding hydrogens is 246 g/mol. The minimum atomic E-state index is -0.427. The van der Waals surface area contributed by atoms with Gasteiger partial charge in [-0.15, -0.1) is 0 Å². The van der Waals surface area contributed by atoms with Crippen LogP contribution in [0, 0.1) is 0 Å². The van der Waals surface area contributed by atoms with Crippen LogP contribution in [0.3, 0.4) is 0 Å². The molecule has 0 fully saturated rings. The highest BCUT2D eigenvalue weighted by Crippen LogP contribution is 1.98. The van der Waals surface area contributed by atoms with Crippen molar-refractivity contribution in [2.24, 2.45) is 0 Å². The van der Waals surface area contributed by atoms with Crippen LogP contribution in [0.15, 0.2) is 22.8 Å². The van der Waals surface area contributed by atoms with Crippen LogP contribution in [-0.4, -0.2) is 42.9 Å². The van der Waals surface area contributed by atoms with E-state index in [0.717, 1.165) is 0 Å². The van der Waals surface area contributed by atoms with Crippen LogP contribution in [-0.2, 0) is 16.1 Å². The molecule has 1 unspecified atom stereocenters. The first-order valence-corrected chi connectivity index (χ1v) is 6.32. The summed E-state index contributed by atoms with van der Waals surface area (Å²) in [4.78, 5) is 24.9. The van der Waals surface area contributed by atoms with Crippen molar-refractivity contribution in [1.82, 2.24) is 15.5 Å². The molecule has 1 aromatic heterocycles. The van der Waals surface area contributed by atoms with Crippen molar-refractivity contribution in [2.75, 3.05) is 20.1 Å². The maximum absolute atomic E-state index is 11.7. The molecule has 106 valence electrons. The van der Waals surface area contributed by atoms with Crippen LogP contribution in [0.25, 0.3) is 0 Å². The first-order valence-electron chi connectivity index (χ1n) is 6.32. The van der Waals surface area contributed by atoms with Crippen LogP contribution in [0.5, 0.6) is 0 Å². The van der Waals surface area contributed by atoms with Gasteiger partial charge < -0.3 is 14.6 Å². The Morgan fingerprint density at radius 2 is 2.21 bits per heavy atom. The Labute approximate surface area is 113 Å². The quantitative estimate of drug-likeness (QED) is 0.747. The summed E-state index contributed by atoms with van der Waals surface area (Å²) in [5, 5.41) is 5.63. The second kappa shape index (κ2) is 7.58. The molecule has 0 saturated carbocycles. The van der Waals surface area contributed by atoms with E-state index in [-0.39, 0.29) is 18.4 Å². The molecule has 0 aromatic carbocycles. The zero-order valence-corrected chi connectivity index (χ0v) is 11.6. The minimum absolute atomic E-state index is 0.0341. The number of hydrogen-bond donors (Lipinski definition) is 2. The number of likely N-dealkylation sites (N-methyl/N-ethyl adjacent to an activating group) is 1. The van der Waals surface area contributed by atoms with Crippen molar-refractivity contribution in [3.63, 3.8) is 0 Å². The van der Waals surface area contributed by atoms with Gasteiger partial charge in [-0.3, -0.25) is 14.9 Å². The summed E-state index contributed by atoms with van der Waals surface area (Å²) < 4.78 is 5.11. The molecule has 0 aliphatic carbocycles. The third-order valence-electron chi connectivity index (χ3n) is 2.87. The number of amides is 2. The van der Waals surface area contributed by atoms with Gasteiger partial charge in [0, 0.05) is 13.6 Å². The van der Waals surface area contributed by atoms with Crippen LogP contribution >= 0.6 is 0 Å². The lowest BCUT2D eigenvalue weighted by Gasteiger charge is -2.17. The first kappa shape index (κ1) is 15.2. The van der Waals surface area contributed by atoms with Crippen molar-refractivity contribution >= 4 is 11.8 Å². The van der Waals surface area contributed by atoms with Crippen LogP contribution in [0.4, 0.5) is 0 Å². The molecule has 0 radical (unpaired) electrons. The van der Waals surface area contributed by atoms with Crippen LogP contribution < -0.4 is 10.6 Å². The third kappa shape index (κ3) is 5.13. The second-order valence-corrected chi connectivity index (χ2v) is 4.31. The molecule has 0 saturated heterocycles. The Balaban J connectivity index is 2.26. The molecule has 19 heavy (non-hydrogen) atoms. The number of furan rings is 1. The number of carbonyl (C=O) groups is 2. The summed E-state index contributed by atoms with van der Waals surface area (Å²) in [6, 6.07) is 3.13. The molecule has 1 heterocycles. The van der Waals surface area contributed by atoms with Gasteiger partial charge in [-0.2, -0.15) is 0 Å². The van der Waals surface area contributed by atoms with Crippen molar-refractivity contribution in [3.05, 3.63) is 24.2 Å². The average Bonchev–Trinajstić information content (AvgIpc) is 2.93. The van der Waals surface area contributed by atoms with Gasteiger partial charge in [0.2, 0.25) is 11.8 Å². The molecule has 0 aliphatic rings. The molecule has 6 nitrogen and oxygen atoms in total. The Morgan fingerprint density at radius 1 is 1.47 bits per heavy atom. The predicted octanol–water partition coefficient (Wildman–Crippen LogP) is 0.352. The summed E-state index contributed by atoms with van der Waals surface area (Å²) in [7, 11) is 1.73. The van der Waals surface area contributed by atoms with E-state index in [1.807, 2.05) is 6.92 Å². The molecule has 1 rings (SSSR count). The summed E-state index contributed by atoms with van der Waals surface area (Å²) in [5.74, 6) is 0.499. The van der Waals surface area contributed by atoms with Gasteiger partial charge in [0.1, 0.15) is 5.76 Å². The number of rotatable bonds is 7. The lowest BCUT2D eigenvalue weighted by molar-refractivity contribution is -0.129. The third-order valence-corrected chi connectivity index (χ3v) is 2.87. The Kier molecular flexibility index (Phi) is 6.08. The van der Waals surface area contributed by atoms with Crippen molar-refractivity contribution in [2.45, 2.75) is 26.4 Å². The fourth-order valence-corrected chi connectivity index (χ4v) is 1.38.